The number of carbonyl (C=O) groups excluding carboxylic acids is 2. The van der Waals surface area contributed by atoms with Gasteiger partial charge in [0.2, 0.25) is 5.67 Å². The molecule has 0 radical (unpaired) electrons. The van der Waals surface area contributed by atoms with Crippen LogP contribution in [0.1, 0.15) is 27.2 Å². The predicted octanol–water partition coefficient (Wildman–Crippen LogP) is 1.36. The van der Waals surface area contributed by atoms with Crippen molar-refractivity contribution < 1.29 is 23.6 Å². The average Bonchev–Trinajstić information content (AvgIpc) is 2.69. The first-order chi connectivity index (χ1) is 8.59. The van der Waals surface area contributed by atoms with E-state index < -0.39 is 23.3 Å². The molecule has 0 N–H and O–H groups in total. The number of amides is 2. The Bertz CT molecular complexity index is 369. The van der Waals surface area contributed by atoms with Crippen molar-refractivity contribution in [1.29, 1.82) is 0 Å². The molecule has 1 heterocycles. The van der Waals surface area contributed by atoms with Crippen LogP contribution in [0.5, 0.6) is 0 Å². The molecule has 1 rings (SSSR count). The lowest BCUT2D eigenvalue weighted by molar-refractivity contribution is -0.181. The Morgan fingerprint density at radius 1 is 1.37 bits per heavy atom. The van der Waals surface area contributed by atoms with Crippen molar-refractivity contribution in [1.82, 2.24) is 9.96 Å². The van der Waals surface area contributed by atoms with E-state index in [0.717, 1.165) is 5.06 Å². The van der Waals surface area contributed by atoms with E-state index in [2.05, 4.69) is 4.84 Å². The molecule has 1 atom stereocenters. The van der Waals surface area contributed by atoms with E-state index in [1.165, 1.54) is 19.1 Å². The molecule has 1 fully saturated rings. The van der Waals surface area contributed by atoms with Crippen LogP contribution in [0, 0.1) is 0 Å². The average molecular weight is 276 g/mol. The standard InChI is InChI=1S/C12H21FN2O4/c1-11(2,3)19-10(17)15-7-6-12(13,8-15)9(16)14(4)18-5/h6-8H2,1-5H3. The number of hydrogen-bond donors (Lipinski definition) is 0. The molecule has 0 spiro atoms. The summed E-state index contributed by atoms with van der Waals surface area (Å²) < 4.78 is 19.6. The maximum atomic E-state index is 14.5. The number of halogens is 1. The van der Waals surface area contributed by atoms with Gasteiger partial charge < -0.3 is 9.64 Å². The van der Waals surface area contributed by atoms with Crippen LogP contribution in [0.2, 0.25) is 0 Å². The minimum atomic E-state index is -2.11. The lowest BCUT2D eigenvalue weighted by atomic mass is 10.1. The summed E-state index contributed by atoms with van der Waals surface area (Å²) in [7, 11) is 2.61. The van der Waals surface area contributed by atoms with Crippen molar-refractivity contribution in [3.05, 3.63) is 0 Å². The summed E-state index contributed by atoms with van der Waals surface area (Å²) in [5.74, 6) is -0.791. The summed E-state index contributed by atoms with van der Waals surface area (Å²) in [6.45, 7) is 5.03. The summed E-state index contributed by atoms with van der Waals surface area (Å²) in [5.41, 5.74) is -2.76. The van der Waals surface area contributed by atoms with Gasteiger partial charge in [-0.1, -0.05) is 0 Å². The summed E-state index contributed by atoms with van der Waals surface area (Å²) in [6, 6.07) is 0. The Labute approximate surface area is 112 Å². The van der Waals surface area contributed by atoms with Crippen molar-refractivity contribution in [3.63, 3.8) is 0 Å². The monoisotopic (exact) mass is 276 g/mol. The van der Waals surface area contributed by atoms with Crippen LogP contribution < -0.4 is 0 Å². The van der Waals surface area contributed by atoms with E-state index in [1.807, 2.05) is 0 Å². The zero-order valence-electron chi connectivity index (χ0n) is 12.0. The van der Waals surface area contributed by atoms with Crippen LogP contribution in [0.25, 0.3) is 0 Å². The molecule has 0 saturated carbocycles. The topological polar surface area (TPSA) is 59.1 Å². The molecule has 0 aromatic carbocycles. The first kappa shape index (κ1) is 15.7. The molecule has 7 heteroatoms. The van der Waals surface area contributed by atoms with E-state index in [9.17, 15) is 14.0 Å². The van der Waals surface area contributed by atoms with Gasteiger partial charge in [0.1, 0.15) is 5.60 Å². The third kappa shape index (κ3) is 3.79. The number of hydrogen-bond acceptors (Lipinski definition) is 4. The number of hydroxylamine groups is 2. The van der Waals surface area contributed by atoms with Gasteiger partial charge >= 0.3 is 6.09 Å². The van der Waals surface area contributed by atoms with Crippen LogP contribution in [0.15, 0.2) is 0 Å². The number of carbonyl (C=O) groups is 2. The second kappa shape index (κ2) is 5.32. The fraction of sp³-hybridized carbons (Fsp3) is 0.833. The van der Waals surface area contributed by atoms with E-state index in [4.69, 9.17) is 4.74 Å². The third-order valence-electron chi connectivity index (χ3n) is 2.81. The molecular weight excluding hydrogens is 255 g/mol. The Kier molecular flexibility index (Phi) is 4.39. The molecule has 19 heavy (non-hydrogen) atoms. The zero-order chi connectivity index (χ0) is 14.8. The summed E-state index contributed by atoms with van der Waals surface area (Å²) >= 11 is 0. The van der Waals surface area contributed by atoms with Gasteiger partial charge in [-0.25, -0.2) is 14.2 Å². The van der Waals surface area contributed by atoms with Gasteiger partial charge in [0, 0.05) is 20.0 Å². The first-order valence-corrected chi connectivity index (χ1v) is 6.08. The highest BCUT2D eigenvalue weighted by Crippen LogP contribution is 2.28. The molecule has 1 aliphatic rings. The number of nitrogens with zero attached hydrogens (tertiary/aromatic N) is 2. The highest BCUT2D eigenvalue weighted by atomic mass is 19.1. The Morgan fingerprint density at radius 3 is 2.42 bits per heavy atom. The minimum absolute atomic E-state index is 0.0568. The third-order valence-corrected chi connectivity index (χ3v) is 2.81. The highest BCUT2D eigenvalue weighted by molar-refractivity contribution is 5.86. The van der Waals surface area contributed by atoms with Crippen molar-refractivity contribution in [3.8, 4) is 0 Å². The summed E-state index contributed by atoms with van der Waals surface area (Å²) in [5, 5.41) is 0.832. The largest absolute Gasteiger partial charge is 0.444 e. The molecule has 110 valence electrons. The molecule has 1 unspecified atom stereocenters. The van der Waals surface area contributed by atoms with Crippen molar-refractivity contribution in [2.75, 3.05) is 27.2 Å². The summed E-state index contributed by atoms with van der Waals surface area (Å²) in [4.78, 5) is 29.5. The first-order valence-electron chi connectivity index (χ1n) is 6.08. The minimum Gasteiger partial charge on any atom is -0.444 e. The van der Waals surface area contributed by atoms with Crippen LogP contribution in [-0.4, -0.2) is 60.5 Å². The fourth-order valence-electron chi connectivity index (χ4n) is 1.79. The van der Waals surface area contributed by atoms with Crippen LogP contribution in [0.4, 0.5) is 9.18 Å². The van der Waals surface area contributed by atoms with E-state index >= 15 is 0 Å². The van der Waals surface area contributed by atoms with E-state index in [0.29, 0.717) is 0 Å². The smallest absolute Gasteiger partial charge is 0.410 e. The highest BCUT2D eigenvalue weighted by Gasteiger charge is 2.49. The van der Waals surface area contributed by atoms with Gasteiger partial charge in [0.05, 0.1) is 13.7 Å². The second-order valence-corrected chi connectivity index (χ2v) is 5.60. The molecule has 0 aromatic heterocycles. The Hall–Kier alpha value is -1.37. The van der Waals surface area contributed by atoms with E-state index in [1.54, 1.807) is 20.8 Å². The van der Waals surface area contributed by atoms with Crippen molar-refractivity contribution in [2.24, 2.45) is 0 Å². The number of rotatable bonds is 2. The van der Waals surface area contributed by atoms with Gasteiger partial charge in [-0.2, -0.15) is 0 Å². The van der Waals surface area contributed by atoms with Gasteiger partial charge in [0.25, 0.3) is 5.91 Å². The quantitative estimate of drug-likeness (QED) is 0.714. The maximum absolute atomic E-state index is 14.5. The zero-order valence-corrected chi connectivity index (χ0v) is 12.0. The molecule has 0 aliphatic carbocycles. The molecular formula is C12H21FN2O4. The number of alkyl halides is 1. The van der Waals surface area contributed by atoms with E-state index in [-0.39, 0.29) is 19.5 Å². The Balaban J connectivity index is 2.67. The molecule has 1 aliphatic heterocycles. The molecule has 0 bridgehead atoms. The van der Waals surface area contributed by atoms with Gasteiger partial charge in [-0.05, 0) is 20.8 Å². The van der Waals surface area contributed by atoms with Crippen molar-refractivity contribution in [2.45, 2.75) is 38.5 Å². The number of ether oxygens (including phenoxy) is 1. The van der Waals surface area contributed by atoms with Gasteiger partial charge in [0.15, 0.2) is 0 Å². The van der Waals surface area contributed by atoms with Crippen molar-refractivity contribution >= 4 is 12.0 Å². The van der Waals surface area contributed by atoms with Crippen LogP contribution >= 0.6 is 0 Å². The second-order valence-electron chi connectivity index (χ2n) is 5.60. The molecule has 0 aromatic rings. The lowest BCUT2D eigenvalue weighted by Crippen LogP contribution is -2.47. The molecule has 2 amide bonds. The maximum Gasteiger partial charge on any atom is 0.410 e. The summed E-state index contributed by atoms with van der Waals surface area (Å²) in [6.07, 6.45) is -0.668. The normalized spacial score (nSPS) is 23.4. The molecule has 6 nitrogen and oxygen atoms in total. The molecule has 1 saturated heterocycles. The SMILES string of the molecule is CON(C)C(=O)C1(F)CCN(C(=O)OC(C)(C)C)C1. The predicted molar refractivity (Wildman–Crippen MR) is 66.0 cm³/mol. The van der Waals surface area contributed by atoms with Crippen LogP contribution in [-0.2, 0) is 14.4 Å². The Morgan fingerprint density at radius 2 is 1.95 bits per heavy atom. The lowest BCUT2D eigenvalue weighted by Gasteiger charge is -2.26. The van der Waals surface area contributed by atoms with Gasteiger partial charge in [-0.15, -0.1) is 0 Å². The van der Waals surface area contributed by atoms with Crippen LogP contribution in [0.3, 0.4) is 0 Å². The van der Waals surface area contributed by atoms with Gasteiger partial charge in [-0.3, -0.25) is 9.63 Å². The fourth-order valence-corrected chi connectivity index (χ4v) is 1.79. The number of likely N-dealkylation sites (tertiary alicyclic amines) is 1.